The molecule has 0 amide bonds. The van der Waals surface area contributed by atoms with E-state index in [-0.39, 0.29) is 5.41 Å². The first kappa shape index (κ1) is 10.3. The quantitative estimate of drug-likeness (QED) is 0.431. The number of hydrogen-bond acceptors (Lipinski definition) is 1. The summed E-state index contributed by atoms with van der Waals surface area (Å²) in [6.07, 6.45) is 3.52. The van der Waals surface area contributed by atoms with Gasteiger partial charge in [-0.3, -0.25) is 4.99 Å². The van der Waals surface area contributed by atoms with Gasteiger partial charge in [-0.2, -0.15) is 0 Å². The van der Waals surface area contributed by atoms with Gasteiger partial charge in [0.1, 0.15) is 6.34 Å². The third-order valence-electron chi connectivity index (χ3n) is 0.893. The van der Waals surface area contributed by atoms with Crippen LogP contribution in [0.25, 0.3) is 0 Å². The summed E-state index contributed by atoms with van der Waals surface area (Å²) >= 11 is 0. The van der Waals surface area contributed by atoms with Gasteiger partial charge < -0.3 is 0 Å². The van der Waals surface area contributed by atoms with E-state index in [4.69, 9.17) is 0 Å². The molecule has 11 heavy (non-hydrogen) atoms. The molecule has 64 valence electrons. The van der Waals surface area contributed by atoms with Gasteiger partial charge in [-0.1, -0.05) is 20.8 Å². The van der Waals surface area contributed by atoms with Crippen LogP contribution in [0, 0.1) is 5.41 Å². The highest BCUT2D eigenvalue weighted by molar-refractivity contribution is 5.75. The van der Waals surface area contributed by atoms with E-state index in [1.807, 2.05) is 20.1 Å². The zero-order valence-electron chi connectivity index (χ0n) is 8.13. The molecule has 0 atom stereocenters. The number of aliphatic imine (C=N–C) groups is 2. The zero-order chi connectivity index (χ0) is 8.91. The molecule has 0 aromatic rings. The SMILES string of the molecule is CC(C)/N=C\N=C/C(C)(C)C. The van der Waals surface area contributed by atoms with E-state index in [1.54, 1.807) is 6.34 Å². The van der Waals surface area contributed by atoms with Crippen molar-refractivity contribution in [2.45, 2.75) is 40.7 Å². The minimum Gasteiger partial charge on any atom is -0.271 e. The third-order valence-corrected chi connectivity index (χ3v) is 0.893. The van der Waals surface area contributed by atoms with Crippen LogP contribution in [0.2, 0.25) is 0 Å². The summed E-state index contributed by atoms with van der Waals surface area (Å²) in [7, 11) is 0. The van der Waals surface area contributed by atoms with Crippen LogP contribution in [0.4, 0.5) is 0 Å². The molecule has 0 aromatic heterocycles. The molecule has 0 saturated carbocycles. The van der Waals surface area contributed by atoms with Gasteiger partial charge >= 0.3 is 0 Å². The topological polar surface area (TPSA) is 24.7 Å². The summed E-state index contributed by atoms with van der Waals surface area (Å²) in [5, 5.41) is 0. The van der Waals surface area contributed by atoms with E-state index in [2.05, 4.69) is 30.8 Å². The van der Waals surface area contributed by atoms with Crippen LogP contribution in [0.5, 0.6) is 0 Å². The summed E-state index contributed by atoms with van der Waals surface area (Å²) in [5.41, 5.74) is 0.156. The van der Waals surface area contributed by atoms with Crippen LogP contribution in [-0.2, 0) is 0 Å². The van der Waals surface area contributed by atoms with Crippen molar-refractivity contribution in [2.75, 3.05) is 0 Å². The second-order valence-electron chi connectivity index (χ2n) is 4.00. The number of nitrogens with zero attached hydrogens (tertiary/aromatic N) is 2. The molecular formula is C9H18N2. The summed E-state index contributed by atoms with van der Waals surface area (Å²) in [6, 6.07) is 0.340. The molecule has 0 aliphatic heterocycles. The van der Waals surface area contributed by atoms with Crippen molar-refractivity contribution in [1.82, 2.24) is 0 Å². The van der Waals surface area contributed by atoms with Crippen LogP contribution >= 0.6 is 0 Å². The lowest BCUT2D eigenvalue weighted by Gasteiger charge is -2.08. The van der Waals surface area contributed by atoms with Crippen molar-refractivity contribution in [1.29, 1.82) is 0 Å². The Bertz CT molecular complexity index is 149. The highest BCUT2D eigenvalue weighted by Gasteiger charge is 2.03. The van der Waals surface area contributed by atoms with Gasteiger partial charge in [-0.15, -0.1) is 0 Å². The summed E-state index contributed by atoms with van der Waals surface area (Å²) in [6.45, 7) is 10.4. The van der Waals surface area contributed by atoms with Gasteiger partial charge in [-0.25, -0.2) is 4.99 Å². The summed E-state index contributed by atoms with van der Waals surface area (Å²) in [4.78, 5) is 8.17. The third kappa shape index (κ3) is 9.34. The highest BCUT2D eigenvalue weighted by atomic mass is 14.9. The molecule has 0 radical (unpaired) electrons. The van der Waals surface area contributed by atoms with Crippen LogP contribution in [-0.4, -0.2) is 18.6 Å². The van der Waals surface area contributed by atoms with E-state index < -0.39 is 0 Å². The van der Waals surface area contributed by atoms with Gasteiger partial charge in [0, 0.05) is 12.3 Å². The molecule has 0 saturated heterocycles. The Balaban J connectivity index is 3.78. The van der Waals surface area contributed by atoms with E-state index in [0.29, 0.717) is 6.04 Å². The molecule has 0 N–H and O–H groups in total. The maximum absolute atomic E-state index is 4.10. The van der Waals surface area contributed by atoms with E-state index in [0.717, 1.165) is 0 Å². The van der Waals surface area contributed by atoms with Crippen molar-refractivity contribution < 1.29 is 0 Å². The van der Waals surface area contributed by atoms with Crippen LogP contribution < -0.4 is 0 Å². The minimum absolute atomic E-state index is 0.156. The molecule has 0 aromatic carbocycles. The first-order chi connectivity index (χ1) is 4.92. The second-order valence-corrected chi connectivity index (χ2v) is 4.00. The molecular weight excluding hydrogens is 136 g/mol. The monoisotopic (exact) mass is 154 g/mol. The molecule has 0 spiro atoms. The highest BCUT2D eigenvalue weighted by Crippen LogP contribution is 2.07. The normalized spacial score (nSPS) is 14.0. The fourth-order valence-electron chi connectivity index (χ4n) is 0.429. The average molecular weight is 154 g/mol. The average Bonchev–Trinajstić information content (AvgIpc) is 1.78. The number of hydrogen-bond donors (Lipinski definition) is 0. The van der Waals surface area contributed by atoms with Gasteiger partial charge in [-0.05, 0) is 19.3 Å². The molecule has 2 heteroatoms. The number of rotatable bonds is 2. The van der Waals surface area contributed by atoms with Crippen molar-refractivity contribution in [3.8, 4) is 0 Å². The molecule has 0 bridgehead atoms. The van der Waals surface area contributed by atoms with Gasteiger partial charge in [0.2, 0.25) is 0 Å². The van der Waals surface area contributed by atoms with Gasteiger partial charge in [0.05, 0.1) is 0 Å². The molecule has 0 heterocycles. The van der Waals surface area contributed by atoms with Crippen LogP contribution in [0.1, 0.15) is 34.6 Å². The van der Waals surface area contributed by atoms with Crippen molar-refractivity contribution in [3.05, 3.63) is 0 Å². The predicted octanol–water partition coefficient (Wildman–Crippen LogP) is 2.54. The Labute approximate surface area is 69.4 Å². The first-order valence-electron chi connectivity index (χ1n) is 3.98. The smallest absolute Gasteiger partial charge is 0.109 e. The Morgan fingerprint density at radius 3 is 2.09 bits per heavy atom. The Hall–Kier alpha value is -0.660. The molecule has 2 nitrogen and oxygen atoms in total. The maximum atomic E-state index is 4.10. The van der Waals surface area contributed by atoms with Crippen molar-refractivity contribution >= 4 is 12.6 Å². The molecule has 0 fully saturated rings. The molecule has 0 aliphatic carbocycles. The fraction of sp³-hybridized carbons (Fsp3) is 0.778. The minimum atomic E-state index is 0.156. The van der Waals surface area contributed by atoms with Crippen molar-refractivity contribution in [3.63, 3.8) is 0 Å². The van der Waals surface area contributed by atoms with Gasteiger partial charge in [0.15, 0.2) is 0 Å². The van der Waals surface area contributed by atoms with Crippen LogP contribution in [0.15, 0.2) is 9.98 Å². The lowest BCUT2D eigenvalue weighted by molar-refractivity contribution is 0.607. The van der Waals surface area contributed by atoms with Crippen LogP contribution in [0.3, 0.4) is 0 Å². The predicted molar refractivity (Wildman–Crippen MR) is 51.6 cm³/mol. The lowest BCUT2D eigenvalue weighted by Crippen LogP contribution is -2.05. The van der Waals surface area contributed by atoms with Gasteiger partial charge in [0.25, 0.3) is 0 Å². The zero-order valence-corrected chi connectivity index (χ0v) is 8.13. The lowest BCUT2D eigenvalue weighted by atomic mass is 9.99. The van der Waals surface area contributed by atoms with Crippen molar-refractivity contribution in [2.24, 2.45) is 15.4 Å². The van der Waals surface area contributed by atoms with E-state index >= 15 is 0 Å². The molecule has 0 aliphatic rings. The van der Waals surface area contributed by atoms with E-state index in [9.17, 15) is 0 Å². The summed E-state index contributed by atoms with van der Waals surface area (Å²) < 4.78 is 0. The summed E-state index contributed by atoms with van der Waals surface area (Å²) in [5.74, 6) is 0. The Morgan fingerprint density at radius 1 is 1.18 bits per heavy atom. The Kier molecular flexibility index (Phi) is 4.01. The molecule has 0 rings (SSSR count). The fourth-order valence-corrected chi connectivity index (χ4v) is 0.429. The standard InChI is InChI=1S/C9H18N2/c1-8(2)11-7-10-6-9(3,4)5/h6-8H,1-5H3/b10-6-,11-7-. The van der Waals surface area contributed by atoms with E-state index in [1.165, 1.54) is 0 Å². The first-order valence-corrected chi connectivity index (χ1v) is 3.98. The second kappa shape index (κ2) is 4.27. The Morgan fingerprint density at radius 2 is 1.73 bits per heavy atom. The maximum Gasteiger partial charge on any atom is 0.109 e. The molecule has 0 unspecified atom stereocenters. The largest absolute Gasteiger partial charge is 0.271 e.